The predicted octanol–water partition coefficient (Wildman–Crippen LogP) is -0.458. The van der Waals surface area contributed by atoms with Gasteiger partial charge in [0, 0.05) is 40.1 Å². The minimum absolute atomic E-state index is 0.0248. The molecule has 1 aromatic heterocycles. The number of nitrogens with zero attached hydrogens (tertiary/aromatic N) is 5. The molecule has 2 heterocycles. The number of hydrogen-bond donors (Lipinski definition) is 1. The number of sulfone groups is 1. The van der Waals surface area contributed by atoms with E-state index < -0.39 is 21.3 Å². The molecule has 3 rings (SSSR count). The van der Waals surface area contributed by atoms with Gasteiger partial charge in [-0.1, -0.05) is 24.3 Å². The van der Waals surface area contributed by atoms with E-state index in [2.05, 4.69) is 20.8 Å². The molecule has 1 aliphatic heterocycles. The van der Waals surface area contributed by atoms with Crippen LogP contribution in [0.5, 0.6) is 0 Å². The van der Waals surface area contributed by atoms with Crippen molar-refractivity contribution in [2.45, 2.75) is 38.1 Å². The fourth-order valence-corrected chi connectivity index (χ4v) is 5.29. The largest absolute Gasteiger partial charge is 0.367 e. The van der Waals surface area contributed by atoms with Crippen LogP contribution in [-0.4, -0.2) is 76.6 Å². The second-order valence-corrected chi connectivity index (χ2v) is 9.80. The average Bonchev–Trinajstić information content (AvgIpc) is 3.39. The third kappa shape index (κ3) is 5.85. The maximum Gasteiger partial charge on any atom is 0.253 e. The minimum Gasteiger partial charge on any atom is -0.367 e. The van der Waals surface area contributed by atoms with Gasteiger partial charge in [-0.25, -0.2) is 13.1 Å². The molecule has 1 unspecified atom stereocenters. The lowest BCUT2D eigenvalue weighted by Gasteiger charge is -2.24. The van der Waals surface area contributed by atoms with Crippen LogP contribution in [0.1, 0.15) is 24.0 Å². The molecule has 1 N–H and O–H groups in total. The summed E-state index contributed by atoms with van der Waals surface area (Å²) in [5.41, 5.74) is 0.491. The molecule has 1 atom stereocenters. The van der Waals surface area contributed by atoms with Gasteiger partial charge in [0.2, 0.25) is 5.91 Å². The normalized spacial score (nSPS) is 19.8. The lowest BCUT2D eigenvalue weighted by Crippen LogP contribution is -2.49. The molecule has 31 heavy (non-hydrogen) atoms. The number of tetrazole rings is 1. The topological polar surface area (TPSA) is 136 Å². The van der Waals surface area contributed by atoms with Crippen molar-refractivity contribution in [2.24, 2.45) is 0 Å². The third-order valence-electron chi connectivity index (χ3n) is 5.34. The third-order valence-corrected chi connectivity index (χ3v) is 7.07. The van der Waals surface area contributed by atoms with E-state index in [-0.39, 0.29) is 30.4 Å². The maximum absolute atomic E-state index is 12.5. The molecule has 1 saturated heterocycles. The highest BCUT2D eigenvalue weighted by molar-refractivity contribution is 7.91. The Labute approximate surface area is 180 Å². The number of carbonyl (C=O) groups excluding carboxylic acids is 2. The van der Waals surface area contributed by atoms with E-state index in [4.69, 9.17) is 4.74 Å². The summed E-state index contributed by atoms with van der Waals surface area (Å²) in [4.78, 5) is 26.4. The first kappa shape index (κ1) is 22.8. The molecule has 0 saturated carbocycles. The van der Waals surface area contributed by atoms with Crippen LogP contribution in [-0.2, 0) is 43.8 Å². The molecule has 1 aromatic carbocycles. The Morgan fingerprint density at radius 1 is 1.26 bits per heavy atom. The Morgan fingerprint density at radius 2 is 1.97 bits per heavy atom. The van der Waals surface area contributed by atoms with Gasteiger partial charge in [0.05, 0.1) is 18.1 Å². The molecule has 2 aromatic rings. The summed E-state index contributed by atoms with van der Waals surface area (Å²) in [5.74, 6) is -0.795. The SMILES string of the molecule is COC1(C(=O)NCc2ccc(CN(C)C(=O)CCn3cnnn3)cc2)CCS(=O)(=O)C1. The van der Waals surface area contributed by atoms with Crippen molar-refractivity contribution in [2.75, 3.05) is 25.7 Å². The summed E-state index contributed by atoms with van der Waals surface area (Å²) >= 11 is 0. The van der Waals surface area contributed by atoms with Gasteiger partial charge in [0.1, 0.15) is 6.33 Å². The van der Waals surface area contributed by atoms with E-state index in [9.17, 15) is 18.0 Å². The van der Waals surface area contributed by atoms with Crippen molar-refractivity contribution in [1.82, 2.24) is 30.4 Å². The highest BCUT2D eigenvalue weighted by atomic mass is 32.2. The van der Waals surface area contributed by atoms with E-state index >= 15 is 0 Å². The molecular weight excluding hydrogens is 424 g/mol. The van der Waals surface area contributed by atoms with Crippen LogP contribution in [0.25, 0.3) is 0 Å². The molecule has 11 nitrogen and oxygen atoms in total. The first-order valence-corrected chi connectivity index (χ1v) is 11.6. The zero-order chi connectivity index (χ0) is 22.5. The molecule has 0 radical (unpaired) electrons. The second-order valence-electron chi connectivity index (χ2n) is 7.61. The number of amides is 2. The number of aromatic nitrogens is 4. The van der Waals surface area contributed by atoms with Gasteiger partial charge in [-0.15, -0.1) is 5.10 Å². The predicted molar refractivity (Wildman–Crippen MR) is 110 cm³/mol. The second kappa shape index (κ2) is 9.52. The highest BCUT2D eigenvalue weighted by Gasteiger charge is 2.48. The number of hydrogen-bond acceptors (Lipinski definition) is 8. The highest BCUT2D eigenvalue weighted by Crippen LogP contribution is 2.27. The zero-order valence-electron chi connectivity index (χ0n) is 17.5. The van der Waals surface area contributed by atoms with Crippen molar-refractivity contribution in [3.05, 3.63) is 41.7 Å². The Morgan fingerprint density at radius 3 is 2.55 bits per heavy atom. The maximum atomic E-state index is 12.5. The van der Waals surface area contributed by atoms with Crippen LogP contribution >= 0.6 is 0 Å². The number of nitrogens with one attached hydrogen (secondary N) is 1. The van der Waals surface area contributed by atoms with E-state index in [0.717, 1.165) is 11.1 Å². The summed E-state index contributed by atoms with van der Waals surface area (Å²) in [6.45, 7) is 1.12. The molecule has 12 heteroatoms. The zero-order valence-corrected chi connectivity index (χ0v) is 18.3. The van der Waals surface area contributed by atoms with Gasteiger partial charge >= 0.3 is 0 Å². The summed E-state index contributed by atoms with van der Waals surface area (Å²) in [6, 6.07) is 7.50. The van der Waals surface area contributed by atoms with Crippen LogP contribution in [0.2, 0.25) is 0 Å². The van der Waals surface area contributed by atoms with E-state index in [1.165, 1.54) is 18.1 Å². The van der Waals surface area contributed by atoms with E-state index in [1.54, 1.807) is 11.9 Å². The number of benzene rings is 1. The summed E-state index contributed by atoms with van der Waals surface area (Å²) in [6.07, 6.45) is 1.91. The minimum atomic E-state index is -3.26. The summed E-state index contributed by atoms with van der Waals surface area (Å²) in [7, 11) is -0.175. The number of carbonyl (C=O) groups is 2. The van der Waals surface area contributed by atoms with Crippen molar-refractivity contribution < 1.29 is 22.7 Å². The quantitative estimate of drug-likeness (QED) is 0.542. The molecule has 0 aliphatic carbocycles. The van der Waals surface area contributed by atoms with Crippen molar-refractivity contribution in [1.29, 1.82) is 0 Å². The molecule has 1 fully saturated rings. The standard InChI is InChI=1S/C19H26N6O5S/c1-24(17(26)7-9-25-14-21-22-23-25)12-16-5-3-15(4-6-16)11-20-18(27)19(30-2)8-10-31(28,29)13-19/h3-6,14H,7-13H2,1-2H3,(H,20,27). The number of methoxy groups -OCH3 is 1. The summed E-state index contributed by atoms with van der Waals surface area (Å²) in [5, 5.41) is 13.6. The molecule has 2 amide bonds. The Hall–Kier alpha value is -2.86. The van der Waals surface area contributed by atoms with Gasteiger partial charge in [0.15, 0.2) is 15.4 Å². The molecule has 0 spiro atoms. The lowest BCUT2D eigenvalue weighted by molar-refractivity contribution is -0.140. The van der Waals surface area contributed by atoms with Gasteiger partial charge in [-0.05, 0) is 21.6 Å². The Balaban J connectivity index is 1.48. The van der Waals surface area contributed by atoms with E-state index in [0.29, 0.717) is 19.5 Å². The molecule has 168 valence electrons. The van der Waals surface area contributed by atoms with Gasteiger partial charge in [0.25, 0.3) is 5.91 Å². The van der Waals surface area contributed by atoms with Crippen molar-refractivity contribution >= 4 is 21.7 Å². The Kier molecular flexibility index (Phi) is 7.01. The first-order chi connectivity index (χ1) is 14.7. The number of rotatable bonds is 9. The van der Waals surface area contributed by atoms with E-state index in [1.807, 2.05) is 24.3 Å². The van der Waals surface area contributed by atoms with Crippen LogP contribution < -0.4 is 5.32 Å². The Bertz CT molecular complexity index is 1010. The number of ether oxygens (including phenoxy) is 1. The number of aryl methyl sites for hydroxylation is 1. The molecule has 1 aliphatic rings. The van der Waals surface area contributed by atoms with Crippen LogP contribution in [0.4, 0.5) is 0 Å². The van der Waals surface area contributed by atoms with Crippen LogP contribution in [0, 0.1) is 0 Å². The van der Waals surface area contributed by atoms with Gasteiger partial charge < -0.3 is 15.0 Å². The van der Waals surface area contributed by atoms with Crippen molar-refractivity contribution in [3.63, 3.8) is 0 Å². The average molecular weight is 451 g/mol. The van der Waals surface area contributed by atoms with Gasteiger partial charge in [-0.2, -0.15) is 0 Å². The van der Waals surface area contributed by atoms with Crippen LogP contribution in [0.3, 0.4) is 0 Å². The summed E-state index contributed by atoms with van der Waals surface area (Å²) < 4.78 is 30.3. The van der Waals surface area contributed by atoms with Crippen molar-refractivity contribution in [3.8, 4) is 0 Å². The first-order valence-electron chi connectivity index (χ1n) is 9.79. The lowest BCUT2D eigenvalue weighted by atomic mass is 10.0. The molecule has 0 bridgehead atoms. The van der Waals surface area contributed by atoms with Crippen LogP contribution in [0.15, 0.2) is 30.6 Å². The monoisotopic (exact) mass is 450 g/mol. The fourth-order valence-electron chi connectivity index (χ4n) is 3.40. The smallest absolute Gasteiger partial charge is 0.253 e. The fraction of sp³-hybridized carbons (Fsp3) is 0.526. The van der Waals surface area contributed by atoms with Gasteiger partial charge in [-0.3, -0.25) is 9.59 Å². The molecular formula is C19H26N6O5S.